The first-order valence-corrected chi connectivity index (χ1v) is 6.85. The summed E-state index contributed by atoms with van der Waals surface area (Å²) in [5.41, 5.74) is 0.933. The number of aromatic nitrogens is 4. The fraction of sp³-hybridized carbons (Fsp3) is 0.429. The number of carbonyl (C=O) groups excluding carboxylic acids is 1. The molecule has 1 aliphatic heterocycles. The van der Waals surface area contributed by atoms with E-state index in [2.05, 4.69) is 22.1 Å². The summed E-state index contributed by atoms with van der Waals surface area (Å²) in [4.78, 5) is 18.3. The lowest BCUT2D eigenvalue weighted by Crippen LogP contribution is -2.42. The Labute approximate surface area is 117 Å². The molecule has 0 aliphatic carbocycles. The molecule has 6 heteroatoms. The number of hydrogen-bond donors (Lipinski definition) is 0. The van der Waals surface area contributed by atoms with Gasteiger partial charge >= 0.3 is 0 Å². The molecule has 0 bridgehead atoms. The Hall–Kier alpha value is -2.24. The lowest BCUT2D eigenvalue weighted by atomic mass is 10.1. The minimum Gasteiger partial charge on any atom is -0.333 e. The molecule has 0 fully saturated rings. The van der Waals surface area contributed by atoms with E-state index < -0.39 is 0 Å². The van der Waals surface area contributed by atoms with Gasteiger partial charge in [-0.05, 0) is 25.5 Å². The van der Waals surface area contributed by atoms with Crippen molar-refractivity contribution in [1.29, 1.82) is 0 Å². The van der Waals surface area contributed by atoms with E-state index in [0.717, 1.165) is 30.2 Å². The first-order valence-electron chi connectivity index (χ1n) is 6.85. The van der Waals surface area contributed by atoms with Crippen molar-refractivity contribution >= 4 is 5.91 Å². The zero-order valence-corrected chi connectivity index (χ0v) is 11.7. The van der Waals surface area contributed by atoms with Gasteiger partial charge in [0.05, 0.1) is 6.54 Å². The quantitative estimate of drug-likeness (QED) is 0.851. The lowest BCUT2D eigenvalue weighted by molar-refractivity contribution is -0.136. The third-order valence-corrected chi connectivity index (χ3v) is 3.59. The third kappa shape index (κ3) is 1.97. The van der Waals surface area contributed by atoms with E-state index >= 15 is 0 Å². The number of amides is 1. The Balaban J connectivity index is 2.03. The molecule has 104 valence electrons. The van der Waals surface area contributed by atoms with Crippen LogP contribution in [0.5, 0.6) is 0 Å². The molecule has 0 N–H and O–H groups in total. The van der Waals surface area contributed by atoms with Crippen LogP contribution in [0.3, 0.4) is 0 Å². The first kappa shape index (κ1) is 12.8. The summed E-state index contributed by atoms with van der Waals surface area (Å²) in [5.74, 6) is 1.71. The molecule has 3 heterocycles. The molecule has 3 rings (SSSR count). The second-order valence-electron chi connectivity index (χ2n) is 4.98. The summed E-state index contributed by atoms with van der Waals surface area (Å²) in [5, 5.41) is 8.50. The van der Waals surface area contributed by atoms with Gasteiger partial charge in [0, 0.05) is 24.5 Å². The van der Waals surface area contributed by atoms with E-state index in [1.54, 1.807) is 12.4 Å². The van der Waals surface area contributed by atoms with Crippen molar-refractivity contribution in [2.24, 2.45) is 0 Å². The lowest BCUT2D eigenvalue weighted by Gasteiger charge is -2.31. The second-order valence-corrected chi connectivity index (χ2v) is 4.98. The first-order chi connectivity index (χ1) is 9.72. The molecule has 2 aromatic rings. The van der Waals surface area contributed by atoms with Crippen molar-refractivity contribution < 1.29 is 4.79 Å². The number of carbonyl (C=O) groups is 1. The largest absolute Gasteiger partial charge is 0.333 e. The zero-order valence-electron chi connectivity index (χ0n) is 11.7. The highest BCUT2D eigenvalue weighted by Crippen LogP contribution is 2.27. The van der Waals surface area contributed by atoms with Gasteiger partial charge in [-0.2, -0.15) is 0 Å². The van der Waals surface area contributed by atoms with Crippen molar-refractivity contribution in [3.8, 4) is 11.4 Å². The van der Waals surface area contributed by atoms with Crippen molar-refractivity contribution in [1.82, 2.24) is 24.6 Å². The van der Waals surface area contributed by atoms with E-state index in [4.69, 9.17) is 0 Å². The Bertz CT molecular complexity index is 622. The van der Waals surface area contributed by atoms with Crippen molar-refractivity contribution in [2.75, 3.05) is 6.54 Å². The smallest absolute Gasteiger partial charge is 0.245 e. The van der Waals surface area contributed by atoms with Gasteiger partial charge in [-0.15, -0.1) is 10.2 Å². The summed E-state index contributed by atoms with van der Waals surface area (Å²) in [6.45, 7) is 5.27. The highest BCUT2D eigenvalue weighted by Gasteiger charge is 2.32. The van der Waals surface area contributed by atoms with Crippen LogP contribution in [0.2, 0.25) is 0 Å². The summed E-state index contributed by atoms with van der Waals surface area (Å²) < 4.78 is 1.93. The van der Waals surface area contributed by atoms with Crippen LogP contribution < -0.4 is 0 Å². The van der Waals surface area contributed by atoms with E-state index in [9.17, 15) is 4.79 Å². The molecule has 0 unspecified atom stereocenters. The fourth-order valence-corrected chi connectivity index (χ4v) is 2.62. The van der Waals surface area contributed by atoms with Gasteiger partial charge in [0.2, 0.25) is 5.91 Å². The molecule has 1 amide bonds. The molecule has 0 saturated heterocycles. The molecule has 0 radical (unpaired) electrons. The monoisotopic (exact) mass is 271 g/mol. The maximum atomic E-state index is 12.4. The van der Waals surface area contributed by atoms with Gasteiger partial charge in [-0.1, -0.05) is 6.92 Å². The van der Waals surface area contributed by atoms with Crippen LogP contribution >= 0.6 is 0 Å². The Morgan fingerprint density at radius 3 is 2.75 bits per heavy atom. The van der Waals surface area contributed by atoms with Crippen LogP contribution in [0.25, 0.3) is 11.4 Å². The van der Waals surface area contributed by atoms with E-state index in [1.165, 1.54) is 0 Å². The molecule has 0 saturated carbocycles. The predicted molar refractivity (Wildman–Crippen MR) is 73.7 cm³/mol. The zero-order chi connectivity index (χ0) is 14.1. The molecule has 2 aromatic heterocycles. The number of rotatable bonds is 3. The summed E-state index contributed by atoms with van der Waals surface area (Å²) in [6.07, 6.45) is 4.38. The molecule has 1 atom stereocenters. The summed E-state index contributed by atoms with van der Waals surface area (Å²) >= 11 is 0. The predicted octanol–water partition coefficient (Wildman–Crippen LogP) is 1.65. The molecular formula is C14H17N5O. The standard InChI is InChI=1S/C14H17N5O/c1-3-8-18-9-12-16-17-13(11-4-6-15-7-5-11)19(12)10(2)14(18)20/h4-7,10H,3,8-9H2,1-2H3/t10-/m0/s1. The minimum atomic E-state index is -0.261. The van der Waals surface area contributed by atoms with Gasteiger partial charge in [0.1, 0.15) is 6.04 Å². The average Bonchev–Trinajstić information content (AvgIpc) is 2.89. The maximum absolute atomic E-state index is 12.4. The van der Waals surface area contributed by atoms with Gasteiger partial charge in [0.25, 0.3) is 0 Å². The fourth-order valence-electron chi connectivity index (χ4n) is 2.62. The molecule has 6 nitrogen and oxygen atoms in total. The molecule has 0 aromatic carbocycles. The highest BCUT2D eigenvalue weighted by molar-refractivity contribution is 5.82. The van der Waals surface area contributed by atoms with Crippen LogP contribution in [0.1, 0.15) is 32.1 Å². The van der Waals surface area contributed by atoms with Crippen LogP contribution in [-0.4, -0.2) is 37.1 Å². The number of hydrogen-bond acceptors (Lipinski definition) is 4. The number of fused-ring (bicyclic) bond motifs is 1. The van der Waals surface area contributed by atoms with Gasteiger partial charge < -0.3 is 4.90 Å². The third-order valence-electron chi connectivity index (χ3n) is 3.59. The normalized spacial score (nSPS) is 18.2. The Kier molecular flexibility index (Phi) is 3.22. The molecule has 1 aliphatic rings. The number of nitrogens with zero attached hydrogens (tertiary/aromatic N) is 5. The SMILES string of the molecule is CCCN1Cc2nnc(-c3ccncc3)n2[C@@H](C)C1=O. The summed E-state index contributed by atoms with van der Waals surface area (Å²) in [6, 6.07) is 3.50. The van der Waals surface area contributed by atoms with E-state index in [0.29, 0.717) is 6.54 Å². The Morgan fingerprint density at radius 2 is 2.05 bits per heavy atom. The topological polar surface area (TPSA) is 63.9 Å². The van der Waals surface area contributed by atoms with Crippen molar-refractivity contribution in [3.05, 3.63) is 30.4 Å². The van der Waals surface area contributed by atoms with Crippen molar-refractivity contribution in [3.63, 3.8) is 0 Å². The molecule has 0 spiro atoms. The van der Waals surface area contributed by atoms with Crippen molar-refractivity contribution in [2.45, 2.75) is 32.9 Å². The minimum absolute atomic E-state index is 0.134. The maximum Gasteiger partial charge on any atom is 0.245 e. The van der Waals surface area contributed by atoms with Gasteiger partial charge in [-0.3, -0.25) is 14.3 Å². The highest BCUT2D eigenvalue weighted by atomic mass is 16.2. The average molecular weight is 271 g/mol. The van der Waals surface area contributed by atoms with Crippen LogP contribution in [0, 0.1) is 0 Å². The molecular weight excluding hydrogens is 254 g/mol. The molecule has 20 heavy (non-hydrogen) atoms. The summed E-state index contributed by atoms with van der Waals surface area (Å²) in [7, 11) is 0. The van der Waals surface area contributed by atoms with Crippen LogP contribution in [0.15, 0.2) is 24.5 Å². The Morgan fingerprint density at radius 1 is 1.30 bits per heavy atom. The van der Waals surface area contributed by atoms with Crippen LogP contribution in [0.4, 0.5) is 0 Å². The van der Waals surface area contributed by atoms with Crippen LogP contribution in [-0.2, 0) is 11.3 Å². The van der Waals surface area contributed by atoms with E-state index in [1.807, 2.05) is 28.5 Å². The van der Waals surface area contributed by atoms with Gasteiger partial charge in [-0.25, -0.2) is 0 Å². The second kappa shape index (κ2) is 5.03. The number of pyridine rings is 1. The van der Waals surface area contributed by atoms with Gasteiger partial charge in [0.15, 0.2) is 11.6 Å². The van der Waals surface area contributed by atoms with E-state index in [-0.39, 0.29) is 11.9 Å².